The highest BCUT2D eigenvalue weighted by molar-refractivity contribution is 6.31. The average molecular weight is 312 g/mol. The van der Waals surface area contributed by atoms with E-state index in [1.54, 1.807) is 23.1 Å². The number of nitrogens with zero attached hydrogens (tertiary/aromatic N) is 1. The number of amides is 1. The lowest BCUT2D eigenvalue weighted by molar-refractivity contribution is -0.145. The van der Waals surface area contributed by atoms with Crippen LogP contribution in [0.2, 0.25) is 5.02 Å². The number of esters is 1. The summed E-state index contributed by atoms with van der Waals surface area (Å²) in [5, 5.41) is 0.636. The number of carbonyl (C=O) groups is 2. The summed E-state index contributed by atoms with van der Waals surface area (Å²) in [5.74, 6) is -0.412. The van der Waals surface area contributed by atoms with Crippen molar-refractivity contribution in [3.63, 3.8) is 0 Å². The molecular formula is C15H18ClNO4. The summed E-state index contributed by atoms with van der Waals surface area (Å²) < 4.78 is 10.1. The van der Waals surface area contributed by atoms with Crippen molar-refractivity contribution >= 4 is 23.5 Å². The van der Waals surface area contributed by atoms with E-state index >= 15 is 0 Å². The zero-order valence-electron chi connectivity index (χ0n) is 12.1. The van der Waals surface area contributed by atoms with Crippen LogP contribution in [0.3, 0.4) is 0 Å². The number of carbonyl (C=O) groups excluding carboxylic acids is 2. The van der Waals surface area contributed by atoms with Crippen molar-refractivity contribution in [3.8, 4) is 0 Å². The summed E-state index contributed by atoms with van der Waals surface area (Å²) in [6.45, 7) is 3.17. The Labute approximate surface area is 128 Å². The minimum atomic E-state index is -0.336. The zero-order valence-corrected chi connectivity index (χ0v) is 12.9. The molecule has 114 valence electrons. The molecule has 1 unspecified atom stereocenters. The molecule has 1 aliphatic heterocycles. The first kappa shape index (κ1) is 15.8. The van der Waals surface area contributed by atoms with E-state index in [-0.39, 0.29) is 24.4 Å². The number of ether oxygens (including phenoxy) is 2. The number of rotatable bonds is 3. The first-order chi connectivity index (χ1) is 10.0. The highest BCUT2D eigenvalue weighted by Gasteiger charge is 2.27. The maximum absolute atomic E-state index is 12.5. The molecule has 1 aliphatic rings. The summed E-state index contributed by atoms with van der Waals surface area (Å²) in [5.41, 5.74) is 1.46. The third kappa shape index (κ3) is 3.95. The van der Waals surface area contributed by atoms with Gasteiger partial charge in [-0.1, -0.05) is 11.6 Å². The van der Waals surface area contributed by atoms with Crippen LogP contribution in [0.5, 0.6) is 0 Å². The molecule has 1 amide bonds. The topological polar surface area (TPSA) is 55.8 Å². The van der Waals surface area contributed by atoms with Gasteiger partial charge in [0.2, 0.25) is 0 Å². The summed E-state index contributed by atoms with van der Waals surface area (Å²) in [7, 11) is 1.34. The lowest BCUT2D eigenvalue weighted by atomic mass is 10.1. The lowest BCUT2D eigenvalue weighted by Crippen LogP contribution is -2.46. The van der Waals surface area contributed by atoms with Gasteiger partial charge in [-0.3, -0.25) is 9.59 Å². The van der Waals surface area contributed by atoms with Gasteiger partial charge in [-0.25, -0.2) is 0 Å². The summed E-state index contributed by atoms with van der Waals surface area (Å²) >= 11 is 5.97. The number of halogens is 1. The highest BCUT2D eigenvalue weighted by atomic mass is 35.5. The molecule has 0 spiro atoms. The fourth-order valence-electron chi connectivity index (χ4n) is 2.26. The highest BCUT2D eigenvalue weighted by Crippen LogP contribution is 2.19. The van der Waals surface area contributed by atoms with Crippen LogP contribution < -0.4 is 0 Å². The van der Waals surface area contributed by atoms with E-state index in [0.29, 0.717) is 30.3 Å². The SMILES string of the molecule is COC(=O)CC1CN(C(=O)c2ccc(Cl)c(C)c2)CCO1. The Kier molecular flexibility index (Phi) is 5.20. The van der Waals surface area contributed by atoms with Gasteiger partial charge in [0.25, 0.3) is 5.91 Å². The Morgan fingerprint density at radius 1 is 1.48 bits per heavy atom. The number of aryl methyl sites for hydroxylation is 1. The Bertz CT molecular complexity index is 546. The molecule has 1 fully saturated rings. The van der Waals surface area contributed by atoms with Crippen molar-refractivity contribution in [1.29, 1.82) is 0 Å². The van der Waals surface area contributed by atoms with Crippen molar-refractivity contribution in [2.75, 3.05) is 26.8 Å². The smallest absolute Gasteiger partial charge is 0.308 e. The van der Waals surface area contributed by atoms with E-state index in [1.807, 2.05) is 6.92 Å². The maximum Gasteiger partial charge on any atom is 0.308 e. The second-order valence-corrected chi connectivity index (χ2v) is 5.40. The predicted molar refractivity (Wildman–Crippen MR) is 78.5 cm³/mol. The third-order valence-corrected chi connectivity index (χ3v) is 3.88. The molecule has 1 atom stereocenters. The molecule has 6 heteroatoms. The number of benzene rings is 1. The van der Waals surface area contributed by atoms with E-state index in [0.717, 1.165) is 5.56 Å². The van der Waals surface area contributed by atoms with E-state index in [9.17, 15) is 9.59 Å². The first-order valence-corrected chi connectivity index (χ1v) is 7.13. The van der Waals surface area contributed by atoms with Crippen molar-refractivity contribution in [2.24, 2.45) is 0 Å². The molecule has 1 heterocycles. The molecule has 1 aromatic rings. The summed E-state index contributed by atoms with van der Waals surface area (Å²) in [6.07, 6.45) is -0.163. The molecular weight excluding hydrogens is 294 g/mol. The Balaban J connectivity index is 2.04. The normalized spacial score (nSPS) is 18.4. The van der Waals surface area contributed by atoms with E-state index in [1.165, 1.54) is 7.11 Å². The van der Waals surface area contributed by atoms with Gasteiger partial charge in [0.15, 0.2) is 0 Å². The van der Waals surface area contributed by atoms with E-state index in [4.69, 9.17) is 16.3 Å². The van der Waals surface area contributed by atoms with Crippen LogP contribution in [0.15, 0.2) is 18.2 Å². The standard InChI is InChI=1S/C15H18ClNO4/c1-10-7-11(3-4-13(10)16)15(19)17-5-6-21-12(9-17)8-14(18)20-2/h3-4,7,12H,5-6,8-9H2,1-2H3. The van der Waals surface area contributed by atoms with Gasteiger partial charge in [-0.2, -0.15) is 0 Å². The minimum Gasteiger partial charge on any atom is -0.469 e. The monoisotopic (exact) mass is 311 g/mol. The maximum atomic E-state index is 12.5. The number of methoxy groups -OCH3 is 1. The fraction of sp³-hybridized carbons (Fsp3) is 0.467. The van der Waals surface area contributed by atoms with Crippen LogP contribution in [-0.2, 0) is 14.3 Å². The van der Waals surface area contributed by atoms with Crippen LogP contribution in [0.1, 0.15) is 22.3 Å². The molecule has 0 aromatic heterocycles. The lowest BCUT2D eigenvalue weighted by Gasteiger charge is -2.32. The van der Waals surface area contributed by atoms with Gasteiger partial charge in [0, 0.05) is 23.7 Å². The quantitative estimate of drug-likeness (QED) is 0.802. The Morgan fingerprint density at radius 3 is 2.90 bits per heavy atom. The van der Waals surface area contributed by atoms with Gasteiger partial charge in [-0.15, -0.1) is 0 Å². The van der Waals surface area contributed by atoms with Gasteiger partial charge in [0.05, 0.1) is 26.2 Å². The van der Waals surface area contributed by atoms with Crippen molar-refractivity contribution in [3.05, 3.63) is 34.3 Å². The largest absolute Gasteiger partial charge is 0.469 e. The average Bonchev–Trinajstić information content (AvgIpc) is 2.49. The first-order valence-electron chi connectivity index (χ1n) is 6.75. The zero-order chi connectivity index (χ0) is 15.4. The van der Waals surface area contributed by atoms with Gasteiger partial charge in [-0.05, 0) is 30.7 Å². The van der Waals surface area contributed by atoms with Crippen LogP contribution >= 0.6 is 11.6 Å². The predicted octanol–water partition coefficient (Wildman–Crippen LogP) is 2.05. The van der Waals surface area contributed by atoms with Crippen molar-refractivity contribution in [2.45, 2.75) is 19.4 Å². The Hall–Kier alpha value is -1.59. The number of morpholine rings is 1. The van der Waals surface area contributed by atoms with Crippen LogP contribution in [-0.4, -0.2) is 49.7 Å². The van der Waals surface area contributed by atoms with Crippen LogP contribution in [0.25, 0.3) is 0 Å². The van der Waals surface area contributed by atoms with Crippen LogP contribution in [0, 0.1) is 6.92 Å². The van der Waals surface area contributed by atoms with Gasteiger partial charge in [0.1, 0.15) is 0 Å². The number of hydrogen-bond donors (Lipinski definition) is 0. The molecule has 2 rings (SSSR count). The molecule has 0 saturated carbocycles. The van der Waals surface area contributed by atoms with Crippen molar-refractivity contribution < 1.29 is 19.1 Å². The molecule has 1 saturated heterocycles. The van der Waals surface area contributed by atoms with Gasteiger partial charge < -0.3 is 14.4 Å². The second kappa shape index (κ2) is 6.91. The number of hydrogen-bond acceptors (Lipinski definition) is 4. The molecule has 5 nitrogen and oxygen atoms in total. The molecule has 0 radical (unpaired) electrons. The van der Waals surface area contributed by atoms with Crippen LogP contribution in [0.4, 0.5) is 0 Å². The van der Waals surface area contributed by atoms with Gasteiger partial charge >= 0.3 is 5.97 Å². The molecule has 0 N–H and O–H groups in total. The third-order valence-electron chi connectivity index (χ3n) is 3.45. The molecule has 0 bridgehead atoms. The summed E-state index contributed by atoms with van der Waals surface area (Å²) in [6, 6.07) is 5.20. The Morgan fingerprint density at radius 2 is 2.24 bits per heavy atom. The summed E-state index contributed by atoms with van der Waals surface area (Å²) in [4.78, 5) is 25.5. The van der Waals surface area contributed by atoms with Crippen molar-refractivity contribution in [1.82, 2.24) is 4.90 Å². The fourth-order valence-corrected chi connectivity index (χ4v) is 2.37. The van der Waals surface area contributed by atoms with E-state index in [2.05, 4.69) is 4.74 Å². The molecule has 1 aromatic carbocycles. The molecule has 21 heavy (non-hydrogen) atoms. The molecule has 0 aliphatic carbocycles. The minimum absolute atomic E-state index is 0.0760. The van der Waals surface area contributed by atoms with E-state index < -0.39 is 0 Å². The second-order valence-electron chi connectivity index (χ2n) is 4.99.